The van der Waals surface area contributed by atoms with Crippen LogP contribution in [0, 0.1) is 5.92 Å². The van der Waals surface area contributed by atoms with E-state index in [1.54, 1.807) is 6.26 Å². The maximum absolute atomic E-state index is 11.2. The standard InChI is InChI=1S/C20H15ClO3/c21-15-7-5-12(6-8-15)19(13-9-14(10-13)20(22)23)17-11-24-18-4-2-1-3-16(17)18/h1-8,11,14H,9-10H2,(H,22,23). The summed E-state index contributed by atoms with van der Waals surface area (Å²) >= 11 is 6.02. The molecule has 1 fully saturated rings. The highest BCUT2D eigenvalue weighted by atomic mass is 35.5. The lowest BCUT2D eigenvalue weighted by atomic mass is 9.75. The van der Waals surface area contributed by atoms with Crippen molar-refractivity contribution in [1.29, 1.82) is 0 Å². The molecule has 0 unspecified atom stereocenters. The lowest BCUT2D eigenvalue weighted by molar-refractivity contribution is -0.143. The molecule has 1 aliphatic carbocycles. The van der Waals surface area contributed by atoms with Gasteiger partial charge < -0.3 is 9.52 Å². The molecule has 4 rings (SSSR count). The normalized spacial score (nSPS) is 16.9. The minimum absolute atomic E-state index is 0.291. The SMILES string of the molecule is O=C(O)C1CC(=C(c2ccc(Cl)cc2)c2coc3ccccc23)C1. The number of hydrogen-bond acceptors (Lipinski definition) is 2. The second-order valence-corrected chi connectivity index (χ2v) is 6.51. The number of carbonyl (C=O) groups is 1. The van der Waals surface area contributed by atoms with Crippen molar-refractivity contribution in [3.63, 3.8) is 0 Å². The smallest absolute Gasteiger partial charge is 0.307 e. The van der Waals surface area contributed by atoms with Crippen LogP contribution in [0.5, 0.6) is 0 Å². The summed E-state index contributed by atoms with van der Waals surface area (Å²) < 4.78 is 5.69. The van der Waals surface area contributed by atoms with E-state index >= 15 is 0 Å². The van der Waals surface area contributed by atoms with Crippen LogP contribution in [0.15, 0.2) is 64.8 Å². The molecular weight excluding hydrogens is 324 g/mol. The van der Waals surface area contributed by atoms with Crippen LogP contribution < -0.4 is 0 Å². The first-order chi connectivity index (χ1) is 11.6. The van der Waals surface area contributed by atoms with E-state index in [0.29, 0.717) is 17.9 Å². The van der Waals surface area contributed by atoms with Gasteiger partial charge in [-0.2, -0.15) is 0 Å². The Morgan fingerprint density at radius 3 is 2.50 bits per heavy atom. The van der Waals surface area contributed by atoms with Gasteiger partial charge in [0.15, 0.2) is 0 Å². The van der Waals surface area contributed by atoms with E-state index in [4.69, 9.17) is 16.0 Å². The predicted octanol–water partition coefficient (Wildman–Crippen LogP) is 5.38. The number of benzene rings is 2. The first-order valence-corrected chi connectivity index (χ1v) is 8.18. The molecular formula is C20H15ClO3. The molecule has 1 aromatic heterocycles. The molecule has 2 aromatic carbocycles. The summed E-state index contributed by atoms with van der Waals surface area (Å²) in [6.45, 7) is 0. The summed E-state index contributed by atoms with van der Waals surface area (Å²) in [5.74, 6) is -1.02. The summed E-state index contributed by atoms with van der Waals surface area (Å²) in [6.07, 6.45) is 2.91. The Kier molecular flexibility index (Phi) is 3.66. The Hall–Kier alpha value is -2.52. The van der Waals surface area contributed by atoms with Crippen LogP contribution in [-0.2, 0) is 4.79 Å². The molecule has 1 saturated carbocycles. The van der Waals surface area contributed by atoms with Gasteiger partial charge in [0.1, 0.15) is 5.58 Å². The molecule has 0 amide bonds. The Labute approximate surface area is 144 Å². The number of aliphatic carboxylic acids is 1. The van der Waals surface area contributed by atoms with E-state index in [1.165, 1.54) is 0 Å². The van der Waals surface area contributed by atoms with Crippen molar-refractivity contribution in [2.75, 3.05) is 0 Å². The van der Waals surface area contributed by atoms with Crippen LogP contribution in [0.25, 0.3) is 16.5 Å². The minimum atomic E-state index is -0.730. The number of allylic oxidation sites excluding steroid dienone is 1. The fraction of sp³-hybridized carbons (Fsp3) is 0.150. The van der Waals surface area contributed by atoms with Crippen LogP contribution in [0.1, 0.15) is 24.0 Å². The van der Waals surface area contributed by atoms with Crippen molar-refractivity contribution in [3.8, 4) is 0 Å². The summed E-state index contributed by atoms with van der Waals surface area (Å²) in [7, 11) is 0. The number of hydrogen-bond donors (Lipinski definition) is 1. The van der Waals surface area contributed by atoms with Gasteiger partial charge in [-0.1, -0.05) is 47.5 Å². The Balaban J connectivity index is 1.87. The van der Waals surface area contributed by atoms with E-state index in [-0.39, 0.29) is 5.92 Å². The molecule has 0 spiro atoms. The summed E-state index contributed by atoms with van der Waals surface area (Å²) in [5.41, 5.74) is 5.08. The van der Waals surface area contributed by atoms with Crippen LogP contribution in [0.4, 0.5) is 0 Å². The van der Waals surface area contributed by atoms with Gasteiger partial charge in [0.25, 0.3) is 0 Å². The summed E-state index contributed by atoms with van der Waals surface area (Å²) in [5, 5.41) is 10.9. The molecule has 3 aromatic rings. The van der Waals surface area contributed by atoms with Gasteiger partial charge in [-0.3, -0.25) is 4.79 Å². The zero-order chi connectivity index (χ0) is 16.7. The maximum Gasteiger partial charge on any atom is 0.307 e. The third-order valence-electron chi connectivity index (χ3n) is 4.57. The number of carboxylic acid groups (broad SMARTS) is 1. The molecule has 24 heavy (non-hydrogen) atoms. The van der Waals surface area contributed by atoms with Gasteiger partial charge in [0.05, 0.1) is 12.2 Å². The van der Waals surface area contributed by atoms with Crippen molar-refractivity contribution in [2.24, 2.45) is 5.92 Å². The highest BCUT2D eigenvalue weighted by molar-refractivity contribution is 6.30. The molecule has 0 saturated heterocycles. The number of rotatable bonds is 3. The lowest BCUT2D eigenvalue weighted by Gasteiger charge is -2.29. The van der Waals surface area contributed by atoms with Crippen molar-refractivity contribution in [1.82, 2.24) is 0 Å². The monoisotopic (exact) mass is 338 g/mol. The summed E-state index contributed by atoms with van der Waals surface area (Å²) in [6, 6.07) is 15.5. The highest BCUT2D eigenvalue weighted by Gasteiger charge is 2.33. The number of halogens is 1. The van der Waals surface area contributed by atoms with Crippen LogP contribution in [0.3, 0.4) is 0 Å². The average molecular weight is 339 g/mol. The Morgan fingerprint density at radius 1 is 1.08 bits per heavy atom. The third-order valence-corrected chi connectivity index (χ3v) is 4.82. The second kappa shape index (κ2) is 5.84. The fourth-order valence-corrected chi connectivity index (χ4v) is 3.38. The molecule has 3 nitrogen and oxygen atoms in total. The summed E-state index contributed by atoms with van der Waals surface area (Å²) in [4.78, 5) is 11.2. The van der Waals surface area contributed by atoms with Gasteiger partial charge >= 0.3 is 5.97 Å². The molecule has 1 heterocycles. The average Bonchev–Trinajstić information content (AvgIpc) is 2.95. The largest absolute Gasteiger partial charge is 0.481 e. The third kappa shape index (κ3) is 2.51. The van der Waals surface area contributed by atoms with E-state index in [1.807, 2.05) is 48.5 Å². The van der Waals surface area contributed by atoms with Crippen LogP contribution in [-0.4, -0.2) is 11.1 Å². The van der Waals surface area contributed by atoms with Gasteiger partial charge in [-0.05, 0) is 42.2 Å². The molecule has 0 aliphatic heterocycles. The molecule has 120 valence electrons. The zero-order valence-electron chi connectivity index (χ0n) is 12.8. The van der Waals surface area contributed by atoms with Gasteiger partial charge in [-0.15, -0.1) is 0 Å². The predicted molar refractivity (Wildman–Crippen MR) is 94.0 cm³/mol. The second-order valence-electron chi connectivity index (χ2n) is 6.07. The van der Waals surface area contributed by atoms with Crippen LogP contribution in [0.2, 0.25) is 5.02 Å². The van der Waals surface area contributed by atoms with E-state index in [0.717, 1.165) is 33.2 Å². The molecule has 0 atom stereocenters. The first-order valence-electron chi connectivity index (χ1n) is 7.81. The van der Waals surface area contributed by atoms with Crippen LogP contribution >= 0.6 is 11.6 Å². The number of furan rings is 1. The molecule has 1 N–H and O–H groups in total. The minimum Gasteiger partial charge on any atom is -0.481 e. The molecule has 4 heteroatoms. The number of fused-ring (bicyclic) bond motifs is 1. The van der Waals surface area contributed by atoms with E-state index in [9.17, 15) is 9.90 Å². The van der Waals surface area contributed by atoms with E-state index < -0.39 is 5.97 Å². The zero-order valence-corrected chi connectivity index (χ0v) is 13.6. The van der Waals surface area contributed by atoms with E-state index in [2.05, 4.69) is 0 Å². The van der Waals surface area contributed by atoms with Gasteiger partial charge in [0, 0.05) is 16.0 Å². The maximum atomic E-state index is 11.2. The topological polar surface area (TPSA) is 50.4 Å². The molecule has 0 bridgehead atoms. The van der Waals surface area contributed by atoms with Gasteiger partial charge in [-0.25, -0.2) is 0 Å². The Bertz CT molecular complexity index is 942. The molecule has 0 radical (unpaired) electrons. The quantitative estimate of drug-likeness (QED) is 0.697. The number of carboxylic acids is 1. The fourth-order valence-electron chi connectivity index (χ4n) is 3.25. The van der Waals surface area contributed by atoms with Crippen molar-refractivity contribution in [2.45, 2.75) is 12.8 Å². The number of para-hydroxylation sites is 1. The Morgan fingerprint density at radius 2 is 1.79 bits per heavy atom. The van der Waals surface area contributed by atoms with Crippen molar-refractivity contribution < 1.29 is 14.3 Å². The van der Waals surface area contributed by atoms with Gasteiger partial charge in [0.2, 0.25) is 0 Å². The lowest BCUT2D eigenvalue weighted by Crippen LogP contribution is -2.24. The first kappa shape index (κ1) is 15.0. The van der Waals surface area contributed by atoms with Crippen molar-refractivity contribution >= 4 is 34.1 Å². The highest BCUT2D eigenvalue weighted by Crippen LogP contribution is 2.43. The van der Waals surface area contributed by atoms with Crippen molar-refractivity contribution in [3.05, 3.63) is 76.5 Å². The molecule has 1 aliphatic rings.